The van der Waals surface area contributed by atoms with E-state index in [2.05, 4.69) is 11.6 Å². The van der Waals surface area contributed by atoms with Gasteiger partial charge in [0.2, 0.25) is 0 Å². The van der Waals surface area contributed by atoms with Crippen LogP contribution in [0.4, 0.5) is 8.78 Å². The Hall–Kier alpha value is -2.85. The Morgan fingerprint density at radius 3 is 2.58 bits per heavy atom. The molecule has 0 radical (unpaired) electrons. The summed E-state index contributed by atoms with van der Waals surface area (Å²) in [4.78, 5) is 4.31. The van der Waals surface area contributed by atoms with Crippen molar-refractivity contribution in [2.24, 2.45) is 0 Å². The van der Waals surface area contributed by atoms with Gasteiger partial charge in [0.25, 0.3) is 0 Å². The van der Waals surface area contributed by atoms with Gasteiger partial charge in [-0.1, -0.05) is 36.4 Å². The molecule has 1 aromatic heterocycles. The van der Waals surface area contributed by atoms with Gasteiger partial charge in [0.15, 0.2) is 11.6 Å². The average Bonchev–Trinajstić information content (AvgIpc) is 2.60. The molecule has 0 aliphatic rings. The number of fused-ring (bicyclic) bond motifs is 1. The fourth-order valence-corrected chi connectivity index (χ4v) is 2.39. The predicted octanol–water partition coefficient (Wildman–Crippen LogP) is 4.90. The van der Waals surface area contributed by atoms with E-state index in [0.29, 0.717) is 16.6 Å². The van der Waals surface area contributed by atoms with E-state index in [0.717, 1.165) is 23.3 Å². The highest BCUT2D eigenvalue weighted by Crippen LogP contribution is 2.19. The molecular weight excluding hydrogens is 308 g/mol. The van der Waals surface area contributed by atoms with Gasteiger partial charge >= 0.3 is 0 Å². The Labute approximate surface area is 138 Å². The zero-order chi connectivity index (χ0) is 17.1. The molecule has 4 heteroatoms. The van der Waals surface area contributed by atoms with E-state index < -0.39 is 17.7 Å². The zero-order valence-electron chi connectivity index (χ0n) is 12.8. The lowest BCUT2D eigenvalue weighted by Gasteiger charge is -2.06. The number of halogens is 2. The van der Waals surface area contributed by atoms with Gasteiger partial charge in [-0.15, -0.1) is 6.58 Å². The number of aromatic nitrogens is 1. The van der Waals surface area contributed by atoms with Gasteiger partial charge in [-0.2, -0.15) is 0 Å². The molecule has 0 bridgehead atoms. The van der Waals surface area contributed by atoms with Crippen LogP contribution in [0.3, 0.4) is 0 Å². The zero-order valence-corrected chi connectivity index (χ0v) is 12.8. The molecule has 1 N–H and O–H groups in total. The number of pyridine rings is 1. The van der Waals surface area contributed by atoms with E-state index >= 15 is 0 Å². The number of hydrogen-bond acceptors (Lipinski definition) is 2. The molecule has 0 spiro atoms. The van der Waals surface area contributed by atoms with Crippen LogP contribution in [-0.2, 0) is 0 Å². The Bertz CT molecular complexity index is 934. The molecule has 24 heavy (non-hydrogen) atoms. The van der Waals surface area contributed by atoms with E-state index in [9.17, 15) is 13.9 Å². The van der Waals surface area contributed by atoms with Gasteiger partial charge < -0.3 is 5.11 Å². The lowest BCUT2D eigenvalue weighted by molar-refractivity contribution is 0.229. The third-order valence-electron chi connectivity index (χ3n) is 3.67. The van der Waals surface area contributed by atoms with Crippen molar-refractivity contribution >= 4 is 23.1 Å². The molecule has 0 saturated carbocycles. The second-order valence-electron chi connectivity index (χ2n) is 5.38. The Morgan fingerprint density at radius 2 is 1.79 bits per heavy atom. The third-order valence-corrected chi connectivity index (χ3v) is 3.67. The molecule has 1 unspecified atom stereocenters. The largest absolute Gasteiger partial charge is 0.384 e. The highest BCUT2D eigenvalue weighted by molar-refractivity contribution is 5.81. The van der Waals surface area contributed by atoms with Crippen LogP contribution in [0.1, 0.15) is 22.9 Å². The summed E-state index contributed by atoms with van der Waals surface area (Å²) in [5.74, 6) is -1.80. The molecule has 3 rings (SSSR count). The smallest absolute Gasteiger partial charge is 0.161 e. The standard InChI is InChI=1S/C20H15F2NO/c1-2-20(24)15-5-3-4-13(10-15)6-8-16-9-7-14-11-17(21)18(22)12-19(14)23-16/h2-12,20,24H,1H2/b8-6+. The molecule has 1 heterocycles. The first kappa shape index (κ1) is 16.0. The van der Waals surface area contributed by atoms with Crippen molar-refractivity contribution in [1.82, 2.24) is 4.98 Å². The minimum Gasteiger partial charge on any atom is -0.384 e. The third kappa shape index (κ3) is 3.39. The van der Waals surface area contributed by atoms with Crippen LogP contribution in [0.5, 0.6) is 0 Å². The maximum absolute atomic E-state index is 13.3. The van der Waals surface area contributed by atoms with Crippen molar-refractivity contribution in [3.63, 3.8) is 0 Å². The maximum Gasteiger partial charge on any atom is 0.161 e. The molecule has 0 amide bonds. The first-order chi connectivity index (χ1) is 11.6. The number of hydrogen-bond donors (Lipinski definition) is 1. The van der Waals surface area contributed by atoms with Crippen molar-refractivity contribution in [2.45, 2.75) is 6.10 Å². The Morgan fingerprint density at radius 1 is 1.00 bits per heavy atom. The number of benzene rings is 2. The normalized spacial score (nSPS) is 12.6. The molecule has 0 saturated heterocycles. The average molecular weight is 323 g/mol. The summed E-state index contributed by atoms with van der Waals surface area (Å²) in [5, 5.41) is 10.3. The van der Waals surface area contributed by atoms with Crippen LogP contribution in [0.2, 0.25) is 0 Å². The number of rotatable bonds is 4. The highest BCUT2D eigenvalue weighted by Gasteiger charge is 2.05. The Kier molecular flexibility index (Phi) is 4.49. The topological polar surface area (TPSA) is 33.1 Å². The number of nitrogens with zero attached hydrogens (tertiary/aromatic N) is 1. The van der Waals surface area contributed by atoms with Gasteiger partial charge in [-0.3, -0.25) is 0 Å². The lowest BCUT2D eigenvalue weighted by Crippen LogP contribution is -1.92. The van der Waals surface area contributed by atoms with E-state index in [-0.39, 0.29) is 0 Å². The lowest BCUT2D eigenvalue weighted by atomic mass is 10.1. The van der Waals surface area contributed by atoms with Crippen molar-refractivity contribution < 1.29 is 13.9 Å². The number of aliphatic hydroxyl groups excluding tert-OH is 1. The van der Waals surface area contributed by atoms with Crippen LogP contribution in [0.25, 0.3) is 23.1 Å². The monoisotopic (exact) mass is 323 g/mol. The summed E-state index contributed by atoms with van der Waals surface area (Å²) in [6.07, 6.45) is 4.37. The first-order valence-electron chi connectivity index (χ1n) is 7.41. The predicted molar refractivity (Wildman–Crippen MR) is 92.2 cm³/mol. The molecule has 3 aromatic rings. The summed E-state index contributed by atoms with van der Waals surface area (Å²) in [7, 11) is 0. The molecule has 2 nitrogen and oxygen atoms in total. The Balaban J connectivity index is 1.90. The molecular formula is C20H15F2NO. The second kappa shape index (κ2) is 6.72. The maximum atomic E-state index is 13.3. The molecule has 1 atom stereocenters. The molecule has 2 aromatic carbocycles. The van der Waals surface area contributed by atoms with Crippen LogP contribution >= 0.6 is 0 Å². The summed E-state index contributed by atoms with van der Waals surface area (Å²) in [5.41, 5.74) is 2.66. The van der Waals surface area contributed by atoms with Gasteiger partial charge in [0, 0.05) is 11.5 Å². The van der Waals surface area contributed by atoms with E-state index in [1.165, 1.54) is 6.08 Å². The first-order valence-corrected chi connectivity index (χ1v) is 7.41. The summed E-state index contributed by atoms with van der Waals surface area (Å²) >= 11 is 0. The summed E-state index contributed by atoms with van der Waals surface area (Å²) < 4.78 is 26.5. The van der Waals surface area contributed by atoms with Crippen LogP contribution < -0.4 is 0 Å². The van der Waals surface area contributed by atoms with Crippen LogP contribution in [-0.4, -0.2) is 10.1 Å². The quantitative estimate of drug-likeness (QED) is 0.693. The summed E-state index contributed by atoms with van der Waals surface area (Å²) in [6, 6.07) is 13.0. The number of aliphatic hydroxyl groups is 1. The fraction of sp³-hybridized carbons (Fsp3) is 0.0500. The van der Waals surface area contributed by atoms with Crippen LogP contribution in [0.15, 0.2) is 61.2 Å². The molecule has 120 valence electrons. The van der Waals surface area contributed by atoms with Crippen molar-refractivity contribution in [3.8, 4) is 0 Å². The van der Waals surface area contributed by atoms with Crippen molar-refractivity contribution in [2.75, 3.05) is 0 Å². The van der Waals surface area contributed by atoms with E-state index in [1.54, 1.807) is 18.2 Å². The summed E-state index contributed by atoms with van der Waals surface area (Å²) in [6.45, 7) is 3.57. The second-order valence-corrected chi connectivity index (χ2v) is 5.38. The fourth-order valence-electron chi connectivity index (χ4n) is 2.39. The van der Waals surface area contributed by atoms with E-state index in [4.69, 9.17) is 0 Å². The molecule has 0 aliphatic carbocycles. The molecule has 0 fully saturated rings. The van der Waals surface area contributed by atoms with Crippen molar-refractivity contribution in [3.05, 3.63) is 89.6 Å². The SMILES string of the molecule is C=CC(O)c1cccc(/C=C/c2ccc3cc(F)c(F)cc3n2)c1. The van der Waals surface area contributed by atoms with Gasteiger partial charge in [0.1, 0.15) is 0 Å². The van der Waals surface area contributed by atoms with E-state index in [1.807, 2.05) is 30.3 Å². The van der Waals surface area contributed by atoms with Gasteiger partial charge in [-0.05, 0) is 35.4 Å². The van der Waals surface area contributed by atoms with Gasteiger partial charge in [0.05, 0.1) is 17.3 Å². The van der Waals surface area contributed by atoms with Crippen LogP contribution in [0, 0.1) is 11.6 Å². The highest BCUT2D eigenvalue weighted by atomic mass is 19.2. The van der Waals surface area contributed by atoms with Gasteiger partial charge in [-0.25, -0.2) is 13.8 Å². The minimum atomic E-state index is -0.915. The molecule has 0 aliphatic heterocycles. The minimum absolute atomic E-state index is 0.395. The van der Waals surface area contributed by atoms with Crippen molar-refractivity contribution in [1.29, 1.82) is 0 Å².